The SMILES string of the molecule is CC1=C(C(=O)O)C(Cl)C(C)CC1. The average molecular weight is 189 g/mol. The lowest BCUT2D eigenvalue weighted by Gasteiger charge is -2.25. The molecule has 1 rings (SSSR count). The number of hydrogen-bond acceptors (Lipinski definition) is 1. The Labute approximate surface area is 77.2 Å². The van der Waals surface area contributed by atoms with Gasteiger partial charge in [-0.15, -0.1) is 11.6 Å². The molecule has 0 aromatic heterocycles. The second-order valence-electron chi connectivity index (χ2n) is 3.42. The van der Waals surface area contributed by atoms with Crippen LogP contribution in [-0.2, 0) is 4.79 Å². The van der Waals surface area contributed by atoms with E-state index in [1.165, 1.54) is 0 Å². The van der Waals surface area contributed by atoms with Crippen molar-refractivity contribution in [3.8, 4) is 0 Å². The molecular formula is C9H13ClO2. The first-order valence-electron chi connectivity index (χ1n) is 4.11. The van der Waals surface area contributed by atoms with Gasteiger partial charge >= 0.3 is 5.97 Å². The smallest absolute Gasteiger partial charge is 0.333 e. The first-order valence-corrected chi connectivity index (χ1v) is 4.54. The van der Waals surface area contributed by atoms with Crippen molar-refractivity contribution in [2.75, 3.05) is 0 Å². The highest BCUT2D eigenvalue weighted by Gasteiger charge is 2.29. The van der Waals surface area contributed by atoms with Crippen LogP contribution in [0.5, 0.6) is 0 Å². The second-order valence-corrected chi connectivity index (χ2v) is 3.89. The van der Waals surface area contributed by atoms with E-state index in [1.54, 1.807) is 0 Å². The molecule has 0 aliphatic heterocycles. The van der Waals surface area contributed by atoms with E-state index in [2.05, 4.69) is 0 Å². The van der Waals surface area contributed by atoms with Crippen LogP contribution in [0.2, 0.25) is 0 Å². The number of aliphatic carboxylic acids is 1. The van der Waals surface area contributed by atoms with E-state index < -0.39 is 5.97 Å². The van der Waals surface area contributed by atoms with Crippen LogP contribution in [0.4, 0.5) is 0 Å². The maximum Gasteiger partial charge on any atom is 0.333 e. The van der Waals surface area contributed by atoms with Gasteiger partial charge in [-0.2, -0.15) is 0 Å². The lowest BCUT2D eigenvalue weighted by Crippen LogP contribution is -2.25. The number of rotatable bonds is 1. The number of carbonyl (C=O) groups is 1. The molecule has 0 spiro atoms. The van der Waals surface area contributed by atoms with Crippen molar-refractivity contribution in [2.45, 2.75) is 32.1 Å². The molecule has 0 saturated carbocycles. The number of hydrogen-bond donors (Lipinski definition) is 1. The summed E-state index contributed by atoms with van der Waals surface area (Å²) in [5.74, 6) is -0.583. The Morgan fingerprint density at radius 3 is 2.67 bits per heavy atom. The van der Waals surface area contributed by atoms with E-state index in [1.807, 2.05) is 13.8 Å². The quantitative estimate of drug-likeness (QED) is 0.642. The van der Waals surface area contributed by atoms with Crippen molar-refractivity contribution in [3.05, 3.63) is 11.1 Å². The van der Waals surface area contributed by atoms with Gasteiger partial charge in [0, 0.05) is 0 Å². The minimum absolute atomic E-state index is 0.279. The zero-order chi connectivity index (χ0) is 9.30. The monoisotopic (exact) mass is 188 g/mol. The molecule has 68 valence electrons. The molecule has 1 aliphatic rings. The van der Waals surface area contributed by atoms with Crippen LogP contribution in [0, 0.1) is 5.92 Å². The van der Waals surface area contributed by atoms with E-state index >= 15 is 0 Å². The van der Waals surface area contributed by atoms with Gasteiger partial charge in [-0.3, -0.25) is 0 Å². The average Bonchev–Trinajstić information content (AvgIpc) is 1.97. The van der Waals surface area contributed by atoms with Crippen LogP contribution in [0.1, 0.15) is 26.7 Å². The summed E-state index contributed by atoms with van der Waals surface area (Å²) in [5, 5.41) is 8.55. The Hall–Kier alpha value is -0.500. The second kappa shape index (κ2) is 3.48. The summed E-state index contributed by atoms with van der Waals surface area (Å²) >= 11 is 5.98. The minimum atomic E-state index is -0.862. The molecule has 0 saturated heterocycles. The molecule has 0 amide bonds. The summed E-state index contributed by atoms with van der Waals surface area (Å²) in [6.45, 7) is 3.84. The summed E-state index contributed by atoms with van der Waals surface area (Å²) < 4.78 is 0. The minimum Gasteiger partial charge on any atom is -0.478 e. The van der Waals surface area contributed by atoms with Crippen molar-refractivity contribution in [1.29, 1.82) is 0 Å². The zero-order valence-electron chi connectivity index (χ0n) is 7.30. The van der Waals surface area contributed by atoms with Gasteiger partial charge in [0.05, 0.1) is 11.0 Å². The van der Waals surface area contributed by atoms with Gasteiger partial charge in [0.1, 0.15) is 0 Å². The van der Waals surface area contributed by atoms with E-state index in [0.29, 0.717) is 5.57 Å². The Kier molecular flexibility index (Phi) is 2.78. The molecule has 1 aliphatic carbocycles. The fourth-order valence-electron chi connectivity index (χ4n) is 1.55. The van der Waals surface area contributed by atoms with E-state index in [4.69, 9.17) is 16.7 Å². The lowest BCUT2D eigenvalue weighted by molar-refractivity contribution is -0.133. The molecule has 2 unspecified atom stereocenters. The first-order chi connectivity index (χ1) is 5.54. The predicted octanol–water partition coefficient (Wildman–Crippen LogP) is 2.42. The third-order valence-corrected chi connectivity index (χ3v) is 3.09. The molecule has 1 N–H and O–H groups in total. The number of carboxylic acid groups (broad SMARTS) is 1. The van der Waals surface area contributed by atoms with Gasteiger partial charge in [-0.05, 0) is 25.7 Å². The van der Waals surface area contributed by atoms with Gasteiger partial charge in [-0.1, -0.05) is 12.5 Å². The topological polar surface area (TPSA) is 37.3 Å². The highest BCUT2D eigenvalue weighted by Crippen LogP contribution is 2.33. The molecule has 0 radical (unpaired) electrons. The number of alkyl halides is 1. The van der Waals surface area contributed by atoms with Crippen LogP contribution in [-0.4, -0.2) is 16.5 Å². The molecule has 2 atom stereocenters. The largest absolute Gasteiger partial charge is 0.478 e. The van der Waals surface area contributed by atoms with E-state index in [-0.39, 0.29) is 11.3 Å². The molecular weight excluding hydrogens is 176 g/mol. The summed E-state index contributed by atoms with van der Waals surface area (Å²) in [6.07, 6.45) is 1.86. The summed E-state index contributed by atoms with van der Waals surface area (Å²) in [4.78, 5) is 10.8. The lowest BCUT2D eigenvalue weighted by atomic mass is 9.85. The van der Waals surface area contributed by atoms with Crippen LogP contribution < -0.4 is 0 Å². The fourth-order valence-corrected chi connectivity index (χ4v) is 1.95. The van der Waals surface area contributed by atoms with Crippen molar-refractivity contribution in [1.82, 2.24) is 0 Å². The van der Waals surface area contributed by atoms with Gasteiger partial charge in [-0.25, -0.2) is 4.79 Å². The van der Waals surface area contributed by atoms with Crippen molar-refractivity contribution in [2.24, 2.45) is 5.92 Å². The van der Waals surface area contributed by atoms with Gasteiger partial charge in [0.15, 0.2) is 0 Å². The molecule has 0 heterocycles. The number of allylic oxidation sites excluding steroid dienone is 1. The molecule has 2 nitrogen and oxygen atoms in total. The van der Waals surface area contributed by atoms with Crippen molar-refractivity contribution < 1.29 is 9.90 Å². The van der Waals surface area contributed by atoms with E-state index in [0.717, 1.165) is 18.4 Å². The Morgan fingerprint density at radius 1 is 1.67 bits per heavy atom. The van der Waals surface area contributed by atoms with Gasteiger partial charge in [0.25, 0.3) is 0 Å². The van der Waals surface area contributed by atoms with Crippen LogP contribution in [0.15, 0.2) is 11.1 Å². The van der Waals surface area contributed by atoms with E-state index in [9.17, 15) is 4.79 Å². The maximum atomic E-state index is 10.8. The highest BCUT2D eigenvalue weighted by atomic mass is 35.5. The van der Waals surface area contributed by atoms with Crippen molar-refractivity contribution >= 4 is 17.6 Å². The Bertz CT molecular complexity index is 233. The molecule has 0 aromatic rings. The van der Waals surface area contributed by atoms with Gasteiger partial charge < -0.3 is 5.11 Å². The number of carboxylic acids is 1. The highest BCUT2D eigenvalue weighted by molar-refractivity contribution is 6.25. The first kappa shape index (κ1) is 9.59. The molecule has 0 aromatic carbocycles. The van der Waals surface area contributed by atoms with Crippen LogP contribution in [0.3, 0.4) is 0 Å². The van der Waals surface area contributed by atoms with Gasteiger partial charge in [0.2, 0.25) is 0 Å². The molecule has 0 bridgehead atoms. The number of halogens is 1. The summed E-state index contributed by atoms with van der Waals surface area (Å²) in [6, 6.07) is 0. The standard InChI is InChI=1S/C9H13ClO2/c1-5-3-4-6(2)8(10)7(5)9(11)12/h6,8H,3-4H2,1-2H3,(H,11,12). The third kappa shape index (κ3) is 1.63. The summed E-state index contributed by atoms with van der Waals surface area (Å²) in [5.41, 5.74) is 1.34. The Morgan fingerprint density at radius 2 is 2.25 bits per heavy atom. The third-order valence-electron chi connectivity index (χ3n) is 2.44. The normalized spacial score (nSPS) is 30.6. The molecule has 3 heteroatoms. The maximum absolute atomic E-state index is 10.8. The van der Waals surface area contributed by atoms with Crippen molar-refractivity contribution in [3.63, 3.8) is 0 Å². The molecule has 12 heavy (non-hydrogen) atoms. The fraction of sp³-hybridized carbons (Fsp3) is 0.667. The zero-order valence-corrected chi connectivity index (χ0v) is 8.06. The summed E-state index contributed by atoms with van der Waals surface area (Å²) in [7, 11) is 0. The Balaban J connectivity index is 2.97. The van der Waals surface area contributed by atoms with Crippen LogP contribution in [0.25, 0.3) is 0 Å². The predicted molar refractivity (Wildman–Crippen MR) is 48.4 cm³/mol. The van der Waals surface area contributed by atoms with Crippen LogP contribution >= 0.6 is 11.6 Å². The molecule has 0 fully saturated rings.